The zero-order valence-corrected chi connectivity index (χ0v) is 44.9. The minimum atomic E-state index is -0.391. The number of esters is 2. The van der Waals surface area contributed by atoms with Gasteiger partial charge in [0.25, 0.3) is 0 Å². The first kappa shape index (κ1) is 64.3. The van der Waals surface area contributed by atoms with Gasteiger partial charge in [-0.15, -0.1) is 0 Å². The lowest BCUT2D eigenvalue weighted by molar-refractivity contribution is -0.151. The zero-order chi connectivity index (χ0) is 48.4. The van der Waals surface area contributed by atoms with Crippen molar-refractivity contribution in [2.75, 3.05) is 47.1 Å². The van der Waals surface area contributed by atoms with Gasteiger partial charge in [-0.05, 0) is 78.4 Å². The van der Waals surface area contributed by atoms with Crippen molar-refractivity contribution in [1.29, 1.82) is 0 Å². The summed E-state index contributed by atoms with van der Waals surface area (Å²) in [6.07, 6.45) is 45.7. The second kappa shape index (κ2) is 51.1. The number of hydrogen-bond donors (Lipinski definition) is 1. The van der Waals surface area contributed by atoms with E-state index in [2.05, 4.69) is 37.9 Å². The monoisotopic (exact) mass is 937 g/mol. The fraction of sp³-hybridized carbons (Fsp3) is 0.947. The molecule has 66 heavy (non-hydrogen) atoms. The highest BCUT2D eigenvalue weighted by Crippen LogP contribution is 2.20. The molecule has 0 aromatic heterocycles. The Morgan fingerprint density at radius 3 is 0.970 bits per heavy atom. The lowest BCUT2D eigenvalue weighted by Gasteiger charge is -2.21. The van der Waals surface area contributed by atoms with Crippen LogP contribution in [0, 0.1) is 0 Å². The summed E-state index contributed by atoms with van der Waals surface area (Å²) in [6, 6.07) is -0.391. The standard InChI is InChI=1S/C57H112N2O7/c1-7-11-15-19-23-27-31-35-40-53(41-36-32-28-24-20-16-12-8-2)65-56(61)45-48-63-50-52(58-55(60)44-39-47-59(5)6)51-64-49-46-57(62)66-54(42-37-33-29-25-21-17-13-9-3)43-38-34-30-26-22-18-14-10-4/h52-54H,7-51H2,1-6H3,(H,58,60). The van der Waals surface area contributed by atoms with Gasteiger partial charge in [0.1, 0.15) is 12.2 Å². The first-order chi connectivity index (χ1) is 32.2. The number of nitrogens with one attached hydrogen (secondary N) is 1. The predicted molar refractivity (Wildman–Crippen MR) is 279 cm³/mol. The fourth-order valence-electron chi connectivity index (χ4n) is 8.79. The Kier molecular flexibility index (Phi) is 49.8. The van der Waals surface area contributed by atoms with Gasteiger partial charge in [-0.1, -0.05) is 207 Å². The highest BCUT2D eigenvalue weighted by molar-refractivity contribution is 5.76. The van der Waals surface area contributed by atoms with Crippen LogP contribution in [-0.4, -0.2) is 88.1 Å². The van der Waals surface area contributed by atoms with Crippen LogP contribution in [-0.2, 0) is 33.3 Å². The molecule has 0 bridgehead atoms. The molecule has 1 amide bonds. The third-order valence-electron chi connectivity index (χ3n) is 13.0. The van der Waals surface area contributed by atoms with Crippen molar-refractivity contribution in [3.8, 4) is 0 Å². The SMILES string of the molecule is CCCCCCCCCCC(CCCCCCCCCC)OC(=O)CCOCC(COCCC(=O)OC(CCCCCCCCCC)CCCCCCCCCC)NC(=O)CCCN(C)C. The average Bonchev–Trinajstić information content (AvgIpc) is 3.29. The van der Waals surface area contributed by atoms with Gasteiger partial charge in [0.05, 0.1) is 45.3 Å². The lowest BCUT2D eigenvalue weighted by atomic mass is 10.0. The highest BCUT2D eigenvalue weighted by Gasteiger charge is 2.18. The minimum Gasteiger partial charge on any atom is -0.462 e. The summed E-state index contributed by atoms with van der Waals surface area (Å²) in [6.45, 7) is 10.7. The lowest BCUT2D eigenvalue weighted by Crippen LogP contribution is -2.42. The van der Waals surface area contributed by atoms with Crippen molar-refractivity contribution in [3.05, 3.63) is 0 Å². The van der Waals surface area contributed by atoms with Crippen LogP contribution in [0.3, 0.4) is 0 Å². The summed E-state index contributed by atoms with van der Waals surface area (Å²) in [4.78, 5) is 41.2. The van der Waals surface area contributed by atoms with Gasteiger partial charge in [-0.3, -0.25) is 14.4 Å². The summed E-state index contributed by atoms with van der Waals surface area (Å²) in [5, 5.41) is 3.08. The van der Waals surface area contributed by atoms with E-state index in [1.54, 1.807) is 0 Å². The molecule has 0 radical (unpaired) electrons. The molecule has 0 unspecified atom stereocenters. The van der Waals surface area contributed by atoms with Gasteiger partial charge in [0.15, 0.2) is 0 Å². The largest absolute Gasteiger partial charge is 0.462 e. The van der Waals surface area contributed by atoms with Crippen LogP contribution >= 0.6 is 0 Å². The van der Waals surface area contributed by atoms with Crippen LogP contribution in [0.4, 0.5) is 0 Å². The Hall–Kier alpha value is -1.71. The van der Waals surface area contributed by atoms with Crippen LogP contribution in [0.2, 0.25) is 0 Å². The summed E-state index contributed by atoms with van der Waals surface area (Å²) >= 11 is 0. The maximum Gasteiger partial charge on any atom is 0.308 e. The molecule has 0 saturated heterocycles. The van der Waals surface area contributed by atoms with E-state index in [9.17, 15) is 14.4 Å². The summed E-state index contributed by atoms with van der Waals surface area (Å²) in [7, 11) is 4.01. The van der Waals surface area contributed by atoms with Crippen molar-refractivity contribution in [2.45, 2.75) is 303 Å². The number of nitrogens with zero attached hydrogens (tertiary/aromatic N) is 1. The maximum absolute atomic E-state index is 13.1. The predicted octanol–water partition coefficient (Wildman–Crippen LogP) is 15.6. The van der Waals surface area contributed by atoms with E-state index in [1.165, 1.54) is 180 Å². The zero-order valence-electron chi connectivity index (χ0n) is 44.9. The second-order valence-corrected chi connectivity index (χ2v) is 20.1. The second-order valence-electron chi connectivity index (χ2n) is 20.1. The van der Waals surface area contributed by atoms with Crippen LogP contribution in [0.5, 0.6) is 0 Å². The first-order valence-electron chi connectivity index (χ1n) is 28.7. The number of unbranched alkanes of at least 4 members (excludes halogenated alkanes) is 28. The Balaban J connectivity index is 5.06. The third kappa shape index (κ3) is 47.4. The first-order valence-corrected chi connectivity index (χ1v) is 28.7. The molecular weight excluding hydrogens is 825 g/mol. The molecule has 0 aliphatic heterocycles. The molecule has 0 aliphatic carbocycles. The molecule has 0 atom stereocenters. The minimum absolute atomic E-state index is 0.0301. The number of hydrogen-bond acceptors (Lipinski definition) is 8. The molecule has 0 rings (SSSR count). The smallest absolute Gasteiger partial charge is 0.308 e. The molecule has 0 heterocycles. The molecule has 0 spiro atoms. The van der Waals surface area contributed by atoms with E-state index < -0.39 is 6.04 Å². The molecule has 9 nitrogen and oxygen atoms in total. The van der Waals surface area contributed by atoms with Crippen LogP contribution in [0.25, 0.3) is 0 Å². The molecule has 0 aromatic carbocycles. The van der Waals surface area contributed by atoms with Crippen molar-refractivity contribution in [3.63, 3.8) is 0 Å². The number of rotatable bonds is 53. The summed E-state index contributed by atoms with van der Waals surface area (Å²) in [5.74, 6) is -0.468. The molecule has 0 fully saturated rings. The van der Waals surface area contributed by atoms with Crippen molar-refractivity contribution >= 4 is 17.8 Å². The van der Waals surface area contributed by atoms with Crippen LogP contribution in [0.1, 0.15) is 285 Å². The van der Waals surface area contributed by atoms with Crippen molar-refractivity contribution < 1.29 is 33.3 Å². The van der Waals surface area contributed by atoms with Gasteiger partial charge in [-0.25, -0.2) is 0 Å². The van der Waals surface area contributed by atoms with Crippen molar-refractivity contribution in [2.24, 2.45) is 0 Å². The van der Waals surface area contributed by atoms with E-state index in [4.69, 9.17) is 18.9 Å². The highest BCUT2D eigenvalue weighted by atomic mass is 16.6. The molecular formula is C57H112N2O7. The summed E-state index contributed by atoms with van der Waals surface area (Å²) in [5.41, 5.74) is 0. The normalized spacial score (nSPS) is 11.7. The Bertz CT molecular complexity index is 936. The molecule has 0 saturated carbocycles. The number of amides is 1. The molecule has 1 N–H and O–H groups in total. The molecule has 9 heteroatoms. The Morgan fingerprint density at radius 1 is 0.394 bits per heavy atom. The van der Waals surface area contributed by atoms with E-state index in [1.807, 2.05) is 14.1 Å². The molecule has 0 aromatic rings. The third-order valence-corrected chi connectivity index (χ3v) is 13.0. The topological polar surface area (TPSA) is 103 Å². The van der Waals surface area contributed by atoms with E-state index in [0.29, 0.717) is 6.42 Å². The summed E-state index contributed by atoms with van der Waals surface area (Å²) < 4.78 is 24.1. The number of carbonyl (C=O) groups excluding carboxylic acids is 3. The molecule has 0 aliphatic rings. The van der Waals surface area contributed by atoms with Crippen molar-refractivity contribution in [1.82, 2.24) is 10.2 Å². The van der Waals surface area contributed by atoms with E-state index >= 15 is 0 Å². The number of ether oxygens (including phenoxy) is 4. The van der Waals surface area contributed by atoms with Gasteiger partial charge in [0, 0.05) is 6.42 Å². The number of carbonyl (C=O) groups is 3. The fourth-order valence-corrected chi connectivity index (χ4v) is 8.79. The van der Waals surface area contributed by atoms with E-state index in [0.717, 1.165) is 64.3 Å². The van der Waals surface area contributed by atoms with Crippen LogP contribution < -0.4 is 5.32 Å². The maximum atomic E-state index is 13.1. The van der Waals surface area contributed by atoms with E-state index in [-0.39, 0.29) is 69.3 Å². The Morgan fingerprint density at radius 2 is 0.682 bits per heavy atom. The van der Waals surface area contributed by atoms with Crippen LogP contribution in [0.15, 0.2) is 0 Å². The van der Waals surface area contributed by atoms with Gasteiger partial charge in [-0.2, -0.15) is 0 Å². The average molecular weight is 938 g/mol. The van der Waals surface area contributed by atoms with Gasteiger partial charge < -0.3 is 29.2 Å². The molecule has 392 valence electrons. The van der Waals surface area contributed by atoms with Gasteiger partial charge >= 0.3 is 11.9 Å². The Labute approximate surface area is 409 Å². The van der Waals surface area contributed by atoms with Gasteiger partial charge in [0.2, 0.25) is 5.91 Å². The quantitative estimate of drug-likeness (QED) is 0.0475.